The van der Waals surface area contributed by atoms with Crippen LogP contribution in [0, 0.1) is 17.8 Å². The number of benzene rings is 1. The second-order valence-corrected chi connectivity index (χ2v) is 15.4. The maximum Gasteiger partial charge on any atom is 0.408 e. The Morgan fingerprint density at radius 2 is 1.55 bits per heavy atom. The second-order valence-electron chi connectivity index (χ2n) is 15.4. The number of amides is 6. The molecule has 15 nitrogen and oxygen atoms in total. The molecule has 1 aliphatic heterocycles. The molecule has 1 aromatic rings. The molecule has 0 radical (unpaired) electrons. The van der Waals surface area contributed by atoms with E-state index in [9.17, 15) is 33.6 Å². The summed E-state index contributed by atoms with van der Waals surface area (Å²) in [4.78, 5) is 96.2. The molecule has 1 aliphatic carbocycles. The normalized spacial score (nSPS) is 19.4. The van der Waals surface area contributed by atoms with E-state index in [0.29, 0.717) is 12.0 Å². The first kappa shape index (κ1) is 42.9. The zero-order chi connectivity index (χ0) is 39.5. The summed E-state index contributed by atoms with van der Waals surface area (Å²) in [5, 5.41) is 10.3. The van der Waals surface area contributed by atoms with Crippen LogP contribution in [0.4, 0.5) is 4.79 Å². The van der Waals surface area contributed by atoms with Gasteiger partial charge in [-0.1, -0.05) is 63.4 Å². The number of nitrogens with zero attached hydrogens (tertiary/aromatic N) is 2. The number of methoxy groups -OCH3 is 1. The topological polar surface area (TPSA) is 193 Å². The average Bonchev–Trinajstić information content (AvgIpc) is 3.57. The van der Waals surface area contributed by atoms with Crippen LogP contribution in [0.3, 0.4) is 0 Å². The van der Waals surface area contributed by atoms with Gasteiger partial charge in [-0.15, -0.1) is 0 Å². The van der Waals surface area contributed by atoms with Gasteiger partial charge >= 0.3 is 6.09 Å². The minimum Gasteiger partial charge on any atom is -0.444 e. The molecule has 0 spiro atoms. The zero-order valence-electron chi connectivity index (χ0n) is 32.4. The number of carbonyl (C=O) groups is 7. The van der Waals surface area contributed by atoms with E-state index in [2.05, 4.69) is 21.3 Å². The van der Waals surface area contributed by atoms with Crippen molar-refractivity contribution in [1.29, 1.82) is 0 Å². The van der Waals surface area contributed by atoms with Crippen LogP contribution in [0.25, 0.3) is 0 Å². The molecule has 1 heterocycles. The molecule has 0 bridgehead atoms. The van der Waals surface area contributed by atoms with Crippen molar-refractivity contribution in [3.8, 4) is 0 Å². The van der Waals surface area contributed by atoms with Crippen LogP contribution < -0.4 is 21.3 Å². The standard InChI is InChI=1S/C38H58N6O9/c1-23(2)26-19-20-44(36(50)30(25-17-13-10-14-18-25)42-37(51)53-38(3,4)5)31(26)33(47)40-27(22-52-8)32(46)34(48)39-21-28(45)41-29(35(49)43(6)7)24-15-11-9-12-16-24/h9,11-12,15-16,23,25-27,29-31H,10,13-14,17-22H2,1-8H3,(H,39,48)(H,40,47)(H,41,45)(H,42,51)/t26?,27?,29-,30-,31-/m0/s1. The molecule has 1 saturated carbocycles. The fourth-order valence-corrected chi connectivity index (χ4v) is 6.98. The van der Waals surface area contributed by atoms with Crippen molar-refractivity contribution in [3.63, 3.8) is 0 Å². The Morgan fingerprint density at radius 1 is 0.906 bits per heavy atom. The lowest BCUT2D eigenvalue weighted by molar-refractivity contribution is -0.145. The van der Waals surface area contributed by atoms with Crippen LogP contribution in [-0.4, -0.2) is 116 Å². The van der Waals surface area contributed by atoms with Gasteiger partial charge in [-0.2, -0.15) is 0 Å². The highest BCUT2D eigenvalue weighted by Gasteiger charge is 2.47. The highest BCUT2D eigenvalue weighted by molar-refractivity contribution is 6.38. The maximum absolute atomic E-state index is 14.3. The molecule has 1 saturated heterocycles. The molecule has 53 heavy (non-hydrogen) atoms. The molecule has 4 N–H and O–H groups in total. The van der Waals surface area contributed by atoms with Gasteiger partial charge in [0.2, 0.25) is 29.4 Å². The molecule has 1 aromatic carbocycles. The van der Waals surface area contributed by atoms with Crippen molar-refractivity contribution in [3.05, 3.63) is 35.9 Å². The van der Waals surface area contributed by atoms with E-state index in [-0.39, 0.29) is 36.8 Å². The van der Waals surface area contributed by atoms with E-state index in [1.54, 1.807) is 65.2 Å². The number of likely N-dealkylation sites (N-methyl/N-ethyl adjacent to an activating group) is 1. The smallest absolute Gasteiger partial charge is 0.408 e. The van der Waals surface area contributed by atoms with E-state index >= 15 is 0 Å². The maximum atomic E-state index is 14.3. The Balaban J connectivity index is 1.75. The van der Waals surface area contributed by atoms with Gasteiger partial charge in [0.25, 0.3) is 5.91 Å². The highest BCUT2D eigenvalue weighted by Crippen LogP contribution is 2.34. The third-order valence-electron chi connectivity index (χ3n) is 9.64. The number of hydrogen-bond acceptors (Lipinski definition) is 9. The minimum atomic E-state index is -1.43. The van der Waals surface area contributed by atoms with E-state index in [0.717, 1.165) is 32.1 Å². The first-order valence-electron chi connectivity index (χ1n) is 18.4. The number of ether oxygens (including phenoxy) is 2. The molecule has 5 atom stereocenters. The SMILES string of the molecule is COCC(NC(=O)[C@@H]1C(C(C)C)CCN1C(=O)[C@@H](NC(=O)OC(C)(C)C)C1CCCCC1)C(=O)C(=O)NCC(=O)N[C@H](C(=O)N(C)C)c1ccccc1. The van der Waals surface area contributed by atoms with Crippen LogP contribution in [0.15, 0.2) is 30.3 Å². The Hall–Kier alpha value is -4.53. The molecule has 6 amide bonds. The van der Waals surface area contributed by atoms with E-state index in [1.165, 1.54) is 16.9 Å². The van der Waals surface area contributed by atoms with E-state index < -0.39 is 71.8 Å². The molecule has 3 rings (SSSR count). The Kier molecular flexibility index (Phi) is 15.8. The predicted octanol–water partition coefficient (Wildman–Crippen LogP) is 2.10. The second kappa shape index (κ2) is 19.5. The van der Waals surface area contributed by atoms with Gasteiger partial charge in [-0.3, -0.25) is 28.8 Å². The quantitative estimate of drug-likeness (QED) is 0.195. The number of ketones is 1. The lowest BCUT2D eigenvalue weighted by Crippen LogP contribution is -2.60. The van der Waals surface area contributed by atoms with Crippen molar-refractivity contribution in [2.75, 3.05) is 40.9 Å². The summed E-state index contributed by atoms with van der Waals surface area (Å²) in [5.74, 6) is -4.77. The molecular weight excluding hydrogens is 684 g/mol. The van der Waals surface area contributed by atoms with E-state index in [1.807, 2.05) is 13.8 Å². The number of hydrogen-bond donors (Lipinski definition) is 4. The Morgan fingerprint density at radius 3 is 2.11 bits per heavy atom. The zero-order valence-corrected chi connectivity index (χ0v) is 32.4. The summed E-state index contributed by atoms with van der Waals surface area (Å²) >= 11 is 0. The van der Waals surface area contributed by atoms with Gasteiger partial charge in [0.1, 0.15) is 29.8 Å². The molecule has 15 heteroatoms. The summed E-state index contributed by atoms with van der Waals surface area (Å²) in [6, 6.07) is 4.24. The van der Waals surface area contributed by atoms with Gasteiger partial charge in [0.15, 0.2) is 0 Å². The summed E-state index contributed by atoms with van der Waals surface area (Å²) in [5.41, 5.74) is -0.243. The third-order valence-corrected chi connectivity index (χ3v) is 9.64. The van der Waals surface area contributed by atoms with Crippen LogP contribution in [-0.2, 0) is 38.2 Å². The van der Waals surface area contributed by atoms with Crippen LogP contribution in [0.2, 0.25) is 0 Å². The van der Waals surface area contributed by atoms with Crippen molar-refractivity contribution >= 4 is 41.4 Å². The molecule has 2 fully saturated rings. The Labute approximate surface area is 312 Å². The Bertz CT molecular complexity index is 1460. The summed E-state index contributed by atoms with van der Waals surface area (Å²) < 4.78 is 10.7. The van der Waals surface area contributed by atoms with Crippen LogP contribution in [0.1, 0.15) is 84.7 Å². The average molecular weight is 743 g/mol. The third kappa shape index (κ3) is 12.3. The number of rotatable bonds is 15. The van der Waals surface area contributed by atoms with Gasteiger partial charge in [0, 0.05) is 27.7 Å². The van der Waals surface area contributed by atoms with Gasteiger partial charge in [0.05, 0.1) is 13.2 Å². The van der Waals surface area contributed by atoms with Crippen molar-refractivity contribution in [2.24, 2.45) is 17.8 Å². The molecule has 294 valence electrons. The van der Waals surface area contributed by atoms with Crippen LogP contribution in [0.5, 0.6) is 0 Å². The van der Waals surface area contributed by atoms with Crippen LogP contribution >= 0.6 is 0 Å². The first-order chi connectivity index (χ1) is 24.9. The van der Waals surface area contributed by atoms with Crippen molar-refractivity contribution in [1.82, 2.24) is 31.1 Å². The number of Topliss-reactive ketones (excluding diaryl/α,β-unsaturated/α-hetero) is 1. The number of carbonyl (C=O) groups excluding carboxylic acids is 7. The molecule has 2 aliphatic rings. The summed E-state index contributed by atoms with van der Waals surface area (Å²) in [7, 11) is 4.41. The van der Waals surface area contributed by atoms with Gasteiger partial charge in [-0.25, -0.2) is 4.79 Å². The molecule has 0 aromatic heterocycles. The summed E-state index contributed by atoms with van der Waals surface area (Å²) in [6.45, 7) is 8.40. The summed E-state index contributed by atoms with van der Waals surface area (Å²) in [6.07, 6.45) is 4.13. The van der Waals surface area contributed by atoms with Crippen molar-refractivity contribution < 1.29 is 43.0 Å². The monoisotopic (exact) mass is 742 g/mol. The predicted molar refractivity (Wildman–Crippen MR) is 196 cm³/mol. The highest BCUT2D eigenvalue weighted by atomic mass is 16.6. The number of likely N-dealkylation sites (tertiary alicyclic amines) is 1. The van der Waals surface area contributed by atoms with Gasteiger partial charge in [-0.05, 0) is 63.4 Å². The van der Waals surface area contributed by atoms with E-state index in [4.69, 9.17) is 9.47 Å². The fraction of sp³-hybridized carbons (Fsp3) is 0.658. The van der Waals surface area contributed by atoms with Crippen molar-refractivity contribution in [2.45, 2.75) is 103 Å². The number of alkyl carbamates (subject to hydrolysis) is 1. The molecule has 2 unspecified atom stereocenters. The first-order valence-corrected chi connectivity index (χ1v) is 18.4. The number of nitrogens with one attached hydrogen (secondary N) is 4. The minimum absolute atomic E-state index is 0.0204. The molecular formula is C38H58N6O9. The lowest BCUT2D eigenvalue weighted by Gasteiger charge is -2.36. The fourth-order valence-electron chi connectivity index (χ4n) is 6.98. The van der Waals surface area contributed by atoms with Gasteiger partial charge < -0.3 is 40.5 Å². The largest absolute Gasteiger partial charge is 0.444 e. The lowest BCUT2D eigenvalue weighted by atomic mass is 9.83.